The number of carbonyl (C=O) groups is 2. The summed E-state index contributed by atoms with van der Waals surface area (Å²) in [6, 6.07) is 3.11. The number of morpholine rings is 1. The summed E-state index contributed by atoms with van der Waals surface area (Å²) >= 11 is 0. The van der Waals surface area contributed by atoms with Crippen LogP contribution >= 0.6 is 0 Å². The predicted molar refractivity (Wildman–Crippen MR) is 69.5 cm³/mol. The van der Waals surface area contributed by atoms with E-state index >= 15 is 0 Å². The smallest absolute Gasteiger partial charge is 0.254 e. The molecule has 2 amide bonds. The van der Waals surface area contributed by atoms with Crippen LogP contribution in [0.1, 0.15) is 10.4 Å². The number of rotatable bonds is 2. The molecule has 0 spiro atoms. The van der Waals surface area contributed by atoms with Gasteiger partial charge in [-0.3, -0.25) is 9.59 Å². The molecule has 1 saturated heterocycles. The van der Waals surface area contributed by atoms with Gasteiger partial charge in [-0.05, 0) is 18.2 Å². The number of phenols is 2. The van der Waals surface area contributed by atoms with Crippen molar-refractivity contribution in [1.82, 2.24) is 10.2 Å². The molecule has 20 heavy (non-hydrogen) atoms. The van der Waals surface area contributed by atoms with E-state index in [1.807, 2.05) is 0 Å². The Morgan fingerprint density at radius 2 is 2.10 bits per heavy atom. The van der Waals surface area contributed by atoms with Crippen molar-refractivity contribution in [3.8, 4) is 11.5 Å². The predicted octanol–water partition coefficient (Wildman–Crippen LogP) is -0.315. The molecule has 108 valence electrons. The van der Waals surface area contributed by atoms with Crippen molar-refractivity contribution in [1.29, 1.82) is 0 Å². The highest BCUT2D eigenvalue weighted by Crippen LogP contribution is 2.26. The maximum atomic E-state index is 12.4. The van der Waals surface area contributed by atoms with Crippen molar-refractivity contribution in [2.45, 2.75) is 6.04 Å². The number of carbonyl (C=O) groups excluding carboxylic acids is 2. The van der Waals surface area contributed by atoms with Crippen LogP contribution < -0.4 is 5.32 Å². The lowest BCUT2D eigenvalue weighted by Crippen LogP contribution is -2.55. The van der Waals surface area contributed by atoms with Gasteiger partial charge in [-0.25, -0.2) is 0 Å². The zero-order valence-corrected chi connectivity index (χ0v) is 11.0. The van der Waals surface area contributed by atoms with E-state index in [-0.39, 0.29) is 29.6 Å². The fourth-order valence-electron chi connectivity index (χ4n) is 2.05. The Morgan fingerprint density at radius 3 is 2.75 bits per heavy atom. The van der Waals surface area contributed by atoms with Crippen molar-refractivity contribution in [3.63, 3.8) is 0 Å². The minimum Gasteiger partial charge on any atom is -0.504 e. The fourth-order valence-corrected chi connectivity index (χ4v) is 2.05. The zero-order valence-electron chi connectivity index (χ0n) is 11.0. The lowest BCUT2D eigenvalue weighted by atomic mass is 10.1. The maximum absolute atomic E-state index is 12.4. The monoisotopic (exact) mass is 280 g/mol. The number of benzene rings is 1. The molecule has 1 heterocycles. The highest BCUT2D eigenvalue weighted by molar-refractivity contribution is 5.98. The van der Waals surface area contributed by atoms with E-state index < -0.39 is 11.9 Å². The first-order valence-electron chi connectivity index (χ1n) is 6.17. The third-order valence-corrected chi connectivity index (χ3v) is 3.16. The van der Waals surface area contributed by atoms with Gasteiger partial charge in [0, 0.05) is 19.2 Å². The average molecular weight is 280 g/mol. The van der Waals surface area contributed by atoms with E-state index in [2.05, 4.69) is 5.32 Å². The molecule has 3 N–H and O–H groups in total. The Labute approximate surface area is 115 Å². The Bertz CT molecular complexity index is 531. The number of hydrogen-bond acceptors (Lipinski definition) is 5. The minimum absolute atomic E-state index is 0.134. The van der Waals surface area contributed by atoms with Crippen LogP contribution in [-0.4, -0.2) is 59.8 Å². The molecule has 1 aliphatic heterocycles. The fraction of sp³-hybridized carbons (Fsp3) is 0.385. The number of nitrogens with one attached hydrogen (secondary N) is 1. The quantitative estimate of drug-likeness (QED) is 0.645. The normalized spacial score (nSPS) is 18.6. The second-order valence-corrected chi connectivity index (χ2v) is 4.41. The third kappa shape index (κ3) is 2.67. The van der Waals surface area contributed by atoms with Gasteiger partial charge in [-0.2, -0.15) is 0 Å². The number of likely N-dealkylation sites (N-methyl/N-ethyl adjacent to an activating group) is 1. The minimum atomic E-state index is -0.697. The van der Waals surface area contributed by atoms with Gasteiger partial charge in [-0.1, -0.05) is 0 Å². The molecule has 0 aliphatic carbocycles. The summed E-state index contributed by atoms with van der Waals surface area (Å²) in [6.07, 6.45) is 0. The summed E-state index contributed by atoms with van der Waals surface area (Å²) in [5, 5.41) is 21.2. The van der Waals surface area contributed by atoms with Crippen molar-refractivity contribution in [3.05, 3.63) is 23.8 Å². The highest BCUT2D eigenvalue weighted by Gasteiger charge is 2.32. The molecule has 0 aromatic heterocycles. The van der Waals surface area contributed by atoms with Crippen molar-refractivity contribution >= 4 is 11.8 Å². The van der Waals surface area contributed by atoms with E-state index in [0.717, 1.165) is 0 Å². The van der Waals surface area contributed by atoms with E-state index in [1.165, 1.54) is 30.1 Å². The topological polar surface area (TPSA) is 99.1 Å². The molecule has 0 bridgehead atoms. The molecular weight excluding hydrogens is 264 g/mol. The van der Waals surface area contributed by atoms with Gasteiger partial charge in [0.1, 0.15) is 6.04 Å². The zero-order chi connectivity index (χ0) is 14.7. The number of ether oxygens (including phenoxy) is 1. The van der Waals surface area contributed by atoms with Crippen molar-refractivity contribution in [2.24, 2.45) is 0 Å². The molecule has 1 aromatic carbocycles. The number of phenolic OH excluding ortho intramolecular Hbond substituents is 2. The lowest BCUT2D eigenvalue weighted by Gasteiger charge is -2.34. The molecule has 1 aliphatic rings. The molecule has 7 nitrogen and oxygen atoms in total. The molecule has 1 atom stereocenters. The molecule has 1 unspecified atom stereocenters. The Balaban J connectivity index is 2.25. The second-order valence-electron chi connectivity index (χ2n) is 4.41. The SMILES string of the molecule is CNC(=O)C1COCCN1C(=O)c1ccc(O)c(O)c1. The van der Waals surface area contributed by atoms with Gasteiger partial charge in [0.2, 0.25) is 5.91 Å². The van der Waals surface area contributed by atoms with Gasteiger partial charge in [0.25, 0.3) is 5.91 Å². The van der Waals surface area contributed by atoms with Crippen LogP contribution in [0.5, 0.6) is 11.5 Å². The van der Waals surface area contributed by atoms with Crippen LogP contribution in [0.15, 0.2) is 18.2 Å². The standard InChI is InChI=1S/C13H16N2O5/c1-14-12(18)9-7-20-5-4-15(9)13(19)8-2-3-10(16)11(17)6-8/h2-3,6,9,16-17H,4-5,7H2,1H3,(H,14,18). The van der Waals surface area contributed by atoms with Gasteiger partial charge < -0.3 is 25.2 Å². The number of nitrogens with zero attached hydrogens (tertiary/aromatic N) is 1. The van der Waals surface area contributed by atoms with Gasteiger partial charge in [-0.15, -0.1) is 0 Å². The summed E-state index contributed by atoms with van der Waals surface area (Å²) in [7, 11) is 1.49. The van der Waals surface area contributed by atoms with Crippen molar-refractivity contribution < 1.29 is 24.5 Å². The largest absolute Gasteiger partial charge is 0.504 e. The first-order valence-corrected chi connectivity index (χ1v) is 6.17. The Hall–Kier alpha value is -2.28. The van der Waals surface area contributed by atoms with E-state index in [9.17, 15) is 19.8 Å². The molecule has 0 radical (unpaired) electrons. The van der Waals surface area contributed by atoms with Crippen LogP contribution in [-0.2, 0) is 9.53 Å². The summed E-state index contributed by atoms with van der Waals surface area (Å²) in [6.45, 7) is 0.775. The Morgan fingerprint density at radius 1 is 1.35 bits per heavy atom. The van der Waals surface area contributed by atoms with E-state index in [0.29, 0.717) is 13.2 Å². The Kier molecular flexibility index (Phi) is 4.09. The molecule has 1 aromatic rings. The van der Waals surface area contributed by atoms with Crippen LogP contribution in [0.4, 0.5) is 0 Å². The number of amides is 2. The number of aromatic hydroxyl groups is 2. The number of hydrogen-bond donors (Lipinski definition) is 3. The second kappa shape index (κ2) is 5.79. The summed E-state index contributed by atoms with van der Waals surface area (Å²) in [5.41, 5.74) is 0.205. The van der Waals surface area contributed by atoms with Crippen molar-refractivity contribution in [2.75, 3.05) is 26.8 Å². The molecule has 1 fully saturated rings. The first kappa shape index (κ1) is 14.1. The molecule has 0 saturated carbocycles. The maximum Gasteiger partial charge on any atom is 0.254 e. The van der Waals surface area contributed by atoms with Crippen LogP contribution in [0.2, 0.25) is 0 Å². The molecule has 2 rings (SSSR count). The molecular formula is C13H16N2O5. The van der Waals surface area contributed by atoms with Gasteiger partial charge in [0.15, 0.2) is 11.5 Å². The van der Waals surface area contributed by atoms with Gasteiger partial charge in [0.05, 0.1) is 13.2 Å². The highest BCUT2D eigenvalue weighted by atomic mass is 16.5. The first-order chi connectivity index (χ1) is 9.54. The van der Waals surface area contributed by atoms with Crippen LogP contribution in [0.3, 0.4) is 0 Å². The van der Waals surface area contributed by atoms with Crippen LogP contribution in [0, 0.1) is 0 Å². The summed E-state index contributed by atoms with van der Waals surface area (Å²) < 4.78 is 5.22. The average Bonchev–Trinajstić information content (AvgIpc) is 2.48. The summed E-state index contributed by atoms with van der Waals surface area (Å²) in [5.74, 6) is -1.37. The van der Waals surface area contributed by atoms with E-state index in [1.54, 1.807) is 0 Å². The molecule has 7 heteroatoms. The lowest BCUT2D eigenvalue weighted by molar-refractivity contribution is -0.130. The third-order valence-electron chi connectivity index (χ3n) is 3.16. The summed E-state index contributed by atoms with van der Waals surface area (Å²) in [4.78, 5) is 25.5. The van der Waals surface area contributed by atoms with Crippen LogP contribution in [0.25, 0.3) is 0 Å². The van der Waals surface area contributed by atoms with Gasteiger partial charge >= 0.3 is 0 Å². The van der Waals surface area contributed by atoms with E-state index in [4.69, 9.17) is 4.74 Å².